The third-order valence-electron chi connectivity index (χ3n) is 4.70. The van der Waals surface area contributed by atoms with Crippen molar-refractivity contribution < 1.29 is 9.59 Å². The summed E-state index contributed by atoms with van der Waals surface area (Å²) in [6, 6.07) is 20.4. The van der Waals surface area contributed by atoms with Gasteiger partial charge in [0.2, 0.25) is 0 Å². The molecule has 4 rings (SSSR count). The first-order valence-electron chi connectivity index (χ1n) is 9.54. The van der Waals surface area contributed by atoms with Gasteiger partial charge in [-0.3, -0.25) is 10.2 Å². The van der Waals surface area contributed by atoms with Crippen molar-refractivity contribution in [3.8, 4) is 0 Å². The van der Waals surface area contributed by atoms with Crippen LogP contribution in [0.25, 0.3) is 0 Å². The Morgan fingerprint density at radius 2 is 1.77 bits per heavy atom. The molecule has 3 aromatic rings. The third-order valence-corrected chi connectivity index (χ3v) is 5.48. The standard InChI is InChI=1S/C16H14ClNO.C7H8BrN3O/c1-10-2-7-14-13(8-10)16(19)9-15(18-14)11-3-5-12(17)6-4-11;8-5-1-3-6(4-2-5)10-7(12)11-9/h2-8,15,18H,9H2,1H3;1-4H,9H2,(H2,10,11,12). The average molecular weight is 502 g/mol. The van der Waals surface area contributed by atoms with Gasteiger partial charge in [-0.15, -0.1) is 0 Å². The Kier molecular flexibility index (Phi) is 7.68. The number of amides is 2. The van der Waals surface area contributed by atoms with Crippen LogP contribution in [0, 0.1) is 6.92 Å². The van der Waals surface area contributed by atoms with Crippen LogP contribution in [0.1, 0.15) is 33.9 Å². The lowest BCUT2D eigenvalue weighted by molar-refractivity contribution is 0.0972. The van der Waals surface area contributed by atoms with E-state index in [1.54, 1.807) is 12.1 Å². The van der Waals surface area contributed by atoms with Gasteiger partial charge in [0.25, 0.3) is 0 Å². The molecule has 0 radical (unpaired) electrons. The maximum Gasteiger partial charge on any atom is 0.333 e. The van der Waals surface area contributed by atoms with E-state index in [1.165, 1.54) is 0 Å². The lowest BCUT2D eigenvalue weighted by Gasteiger charge is -2.26. The van der Waals surface area contributed by atoms with Crippen molar-refractivity contribution in [1.29, 1.82) is 0 Å². The Balaban J connectivity index is 0.000000196. The van der Waals surface area contributed by atoms with E-state index in [0.717, 1.165) is 26.9 Å². The molecule has 160 valence electrons. The smallest absolute Gasteiger partial charge is 0.333 e. The van der Waals surface area contributed by atoms with Gasteiger partial charge >= 0.3 is 6.03 Å². The normalized spacial score (nSPS) is 14.5. The van der Waals surface area contributed by atoms with E-state index in [0.29, 0.717) is 17.1 Å². The van der Waals surface area contributed by atoms with Crippen molar-refractivity contribution >= 4 is 50.7 Å². The molecule has 0 spiro atoms. The molecule has 2 amide bonds. The van der Waals surface area contributed by atoms with Crippen LogP contribution in [0.3, 0.4) is 0 Å². The van der Waals surface area contributed by atoms with E-state index in [-0.39, 0.29) is 11.8 Å². The van der Waals surface area contributed by atoms with Gasteiger partial charge in [0.1, 0.15) is 0 Å². The fourth-order valence-corrected chi connectivity index (χ4v) is 3.54. The SMILES string of the molecule is Cc1ccc2c(c1)C(=O)CC(c1ccc(Cl)cc1)N2.NNC(=O)Nc1ccc(Br)cc1. The zero-order chi connectivity index (χ0) is 22.4. The van der Waals surface area contributed by atoms with Crippen molar-refractivity contribution in [1.82, 2.24) is 5.43 Å². The fraction of sp³-hybridized carbons (Fsp3) is 0.130. The predicted octanol–water partition coefficient (Wildman–Crippen LogP) is 5.83. The van der Waals surface area contributed by atoms with Crippen molar-refractivity contribution in [3.05, 3.63) is 92.9 Å². The minimum atomic E-state index is -0.433. The second-order valence-corrected chi connectivity index (χ2v) is 8.38. The number of anilines is 2. The van der Waals surface area contributed by atoms with Gasteiger partial charge in [-0.05, 0) is 61.0 Å². The molecule has 8 heteroatoms. The molecule has 0 aromatic heterocycles. The van der Waals surface area contributed by atoms with Crippen molar-refractivity contribution in [2.75, 3.05) is 10.6 Å². The summed E-state index contributed by atoms with van der Waals surface area (Å²) >= 11 is 9.17. The number of Topliss-reactive ketones (excluding diaryl/α,β-unsaturated/α-hetero) is 1. The highest BCUT2D eigenvalue weighted by Gasteiger charge is 2.25. The fourth-order valence-electron chi connectivity index (χ4n) is 3.15. The van der Waals surface area contributed by atoms with E-state index >= 15 is 0 Å². The highest BCUT2D eigenvalue weighted by molar-refractivity contribution is 9.10. The number of nitrogens with one attached hydrogen (secondary N) is 3. The Hall–Kier alpha value is -2.87. The van der Waals surface area contributed by atoms with E-state index in [1.807, 2.05) is 66.9 Å². The Bertz CT molecular complexity index is 1070. The number of fused-ring (bicyclic) bond motifs is 1. The number of nitrogens with two attached hydrogens (primary N) is 1. The second-order valence-electron chi connectivity index (χ2n) is 7.03. The number of aryl methyl sites for hydroxylation is 1. The van der Waals surface area contributed by atoms with Gasteiger partial charge in [0, 0.05) is 32.9 Å². The highest BCUT2D eigenvalue weighted by atomic mass is 79.9. The van der Waals surface area contributed by atoms with Crippen LogP contribution < -0.4 is 21.9 Å². The number of rotatable bonds is 2. The van der Waals surface area contributed by atoms with Crippen LogP contribution in [0.2, 0.25) is 5.02 Å². The van der Waals surface area contributed by atoms with E-state index in [9.17, 15) is 9.59 Å². The van der Waals surface area contributed by atoms with Gasteiger partial charge in [-0.1, -0.05) is 51.3 Å². The second kappa shape index (κ2) is 10.4. The molecule has 3 aromatic carbocycles. The number of ketones is 1. The molecular formula is C23H22BrClN4O2. The molecule has 1 heterocycles. The molecule has 6 nitrogen and oxygen atoms in total. The summed E-state index contributed by atoms with van der Waals surface area (Å²) in [6.45, 7) is 2.00. The van der Waals surface area contributed by atoms with Crippen LogP contribution in [-0.2, 0) is 0 Å². The first kappa shape index (κ1) is 22.8. The summed E-state index contributed by atoms with van der Waals surface area (Å²) in [5, 5.41) is 6.66. The summed E-state index contributed by atoms with van der Waals surface area (Å²) in [5.74, 6) is 5.07. The van der Waals surface area contributed by atoms with Crippen LogP contribution in [0.4, 0.5) is 16.2 Å². The minimum absolute atomic E-state index is 0.0278. The maximum absolute atomic E-state index is 12.2. The van der Waals surface area contributed by atoms with Crippen molar-refractivity contribution in [2.24, 2.45) is 5.84 Å². The largest absolute Gasteiger partial charge is 0.377 e. The number of urea groups is 1. The quantitative estimate of drug-likeness (QED) is 0.202. The zero-order valence-electron chi connectivity index (χ0n) is 16.8. The molecule has 1 atom stereocenters. The Labute approximate surface area is 194 Å². The highest BCUT2D eigenvalue weighted by Crippen LogP contribution is 2.33. The summed E-state index contributed by atoms with van der Waals surface area (Å²) in [7, 11) is 0. The topological polar surface area (TPSA) is 96.2 Å². The van der Waals surface area contributed by atoms with E-state index < -0.39 is 6.03 Å². The first-order valence-corrected chi connectivity index (χ1v) is 10.7. The van der Waals surface area contributed by atoms with Gasteiger partial charge < -0.3 is 10.6 Å². The number of carbonyl (C=O) groups is 2. The lowest BCUT2D eigenvalue weighted by atomic mass is 9.91. The molecule has 0 bridgehead atoms. The monoisotopic (exact) mass is 500 g/mol. The van der Waals surface area contributed by atoms with Crippen LogP contribution in [-0.4, -0.2) is 11.8 Å². The van der Waals surface area contributed by atoms with Crippen LogP contribution in [0.5, 0.6) is 0 Å². The summed E-state index contributed by atoms with van der Waals surface area (Å²) in [6.07, 6.45) is 0.484. The van der Waals surface area contributed by atoms with Gasteiger partial charge in [0.15, 0.2) is 5.78 Å². The molecule has 0 fully saturated rings. The average Bonchev–Trinajstić information content (AvgIpc) is 2.76. The number of hydrazine groups is 1. The van der Waals surface area contributed by atoms with Crippen LogP contribution in [0.15, 0.2) is 71.2 Å². The minimum Gasteiger partial charge on any atom is -0.377 e. The molecule has 0 aliphatic carbocycles. The molecule has 1 unspecified atom stereocenters. The number of benzene rings is 3. The lowest BCUT2D eigenvalue weighted by Crippen LogP contribution is -2.34. The molecule has 31 heavy (non-hydrogen) atoms. The Morgan fingerprint density at radius 3 is 2.42 bits per heavy atom. The van der Waals surface area contributed by atoms with E-state index in [4.69, 9.17) is 17.4 Å². The number of hydrogen-bond acceptors (Lipinski definition) is 4. The molecular weight excluding hydrogens is 480 g/mol. The van der Waals surface area contributed by atoms with E-state index in [2.05, 4.69) is 26.6 Å². The van der Waals surface area contributed by atoms with Gasteiger partial charge in [-0.25, -0.2) is 10.6 Å². The first-order chi connectivity index (χ1) is 14.9. The van der Waals surface area contributed by atoms with Gasteiger partial charge in [0.05, 0.1) is 6.04 Å². The van der Waals surface area contributed by atoms with Gasteiger partial charge in [-0.2, -0.15) is 0 Å². The maximum atomic E-state index is 12.2. The predicted molar refractivity (Wildman–Crippen MR) is 128 cm³/mol. The number of halogens is 2. The molecule has 1 aliphatic rings. The molecule has 5 N–H and O–H groups in total. The Morgan fingerprint density at radius 1 is 1.10 bits per heavy atom. The number of hydrogen-bond donors (Lipinski definition) is 4. The van der Waals surface area contributed by atoms with Crippen molar-refractivity contribution in [3.63, 3.8) is 0 Å². The summed E-state index contributed by atoms with van der Waals surface area (Å²) < 4.78 is 0.959. The zero-order valence-corrected chi connectivity index (χ0v) is 19.1. The van der Waals surface area contributed by atoms with Crippen molar-refractivity contribution in [2.45, 2.75) is 19.4 Å². The molecule has 1 aliphatic heterocycles. The summed E-state index contributed by atoms with van der Waals surface area (Å²) in [4.78, 5) is 22.9. The summed E-state index contributed by atoms with van der Waals surface area (Å²) in [5.41, 5.74) is 6.57. The van der Waals surface area contributed by atoms with Crippen LogP contribution >= 0.6 is 27.5 Å². The molecule has 0 saturated carbocycles. The molecule has 0 saturated heterocycles. The number of carbonyl (C=O) groups excluding carboxylic acids is 2. The third kappa shape index (κ3) is 6.30.